The summed E-state index contributed by atoms with van der Waals surface area (Å²) in [5.74, 6) is 0.476. The molecule has 1 amide bonds. The molecule has 1 N–H and O–H groups in total. The zero-order valence-electron chi connectivity index (χ0n) is 17.4. The number of thioether (sulfide) groups is 1. The molecule has 31 heavy (non-hydrogen) atoms. The highest BCUT2D eigenvalue weighted by Crippen LogP contribution is 2.29. The highest BCUT2D eigenvalue weighted by atomic mass is 32.2. The first-order valence-corrected chi connectivity index (χ1v) is 12.5. The normalized spacial score (nSPS) is 15.8. The summed E-state index contributed by atoms with van der Waals surface area (Å²) in [5.41, 5.74) is 1.40. The summed E-state index contributed by atoms with van der Waals surface area (Å²) in [7, 11) is -3.46. The SMILES string of the molecule is Cc1nc(S[C@@H](C)C(=O)Nc2ccc(S(=O)(=O)N3CCCC3)cc2)c2ccccc2n1. The maximum atomic E-state index is 12.7. The first kappa shape index (κ1) is 21.7. The molecular formula is C22H24N4O3S2. The smallest absolute Gasteiger partial charge is 0.243 e. The van der Waals surface area contributed by atoms with Crippen molar-refractivity contribution in [2.45, 2.75) is 41.9 Å². The standard InChI is InChI=1S/C22H24N4O3S2/c1-15(30-22-19-7-3-4-8-20(19)23-16(2)24-22)21(27)25-17-9-11-18(12-10-17)31(28,29)26-13-5-6-14-26/h3-4,7-12,15H,5-6,13-14H2,1-2H3,(H,25,27)/t15-/m0/s1. The van der Waals surface area contributed by atoms with E-state index in [9.17, 15) is 13.2 Å². The zero-order valence-corrected chi connectivity index (χ0v) is 19.0. The van der Waals surface area contributed by atoms with Crippen LogP contribution >= 0.6 is 11.8 Å². The fourth-order valence-corrected chi connectivity index (χ4v) is 6.00. The third-order valence-corrected chi connectivity index (χ3v) is 8.18. The van der Waals surface area contributed by atoms with E-state index in [4.69, 9.17) is 0 Å². The third-order valence-electron chi connectivity index (χ3n) is 5.16. The second kappa shape index (κ2) is 8.94. The van der Waals surface area contributed by atoms with E-state index in [2.05, 4.69) is 15.3 Å². The number of benzene rings is 2. The lowest BCUT2D eigenvalue weighted by Gasteiger charge is -2.16. The van der Waals surface area contributed by atoms with E-state index in [0.29, 0.717) is 24.6 Å². The molecule has 1 aromatic heterocycles. The monoisotopic (exact) mass is 456 g/mol. The molecule has 2 heterocycles. The van der Waals surface area contributed by atoms with Gasteiger partial charge in [-0.1, -0.05) is 30.0 Å². The number of carbonyl (C=O) groups excluding carboxylic acids is 1. The van der Waals surface area contributed by atoms with E-state index in [1.54, 1.807) is 24.3 Å². The van der Waals surface area contributed by atoms with Gasteiger partial charge in [0.25, 0.3) is 0 Å². The van der Waals surface area contributed by atoms with Crippen molar-refractivity contribution in [2.24, 2.45) is 0 Å². The number of aromatic nitrogens is 2. The van der Waals surface area contributed by atoms with Gasteiger partial charge in [-0.2, -0.15) is 4.31 Å². The highest BCUT2D eigenvalue weighted by Gasteiger charge is 2.27. The second-order valence-corrected chi connectivity index (χ2v) is 10.7. The first-order chi connectivity index (χ1) is 14.8. The number of carbonyl (C=O) groups is 1. The number of hydrogen-bond donors (Lipinski definition) is 1. The van der Waals surface area contributed by atoms with Crippen molar-refractivity contribution in [2.75, 3.05) is 18.4 Å². The number of nitrogens with zero attached hydrogens (tertiary/aromatic N) is 3. The van der Waals surface area contributed by atoms with Crippen LogP contribution in [0.3, 0.4) is 0 Å². The predicted octanol–water partition coefficient (Wildman–Crippen LogP) is 3.84. The molecule has 0 unspecified atom stereocenters. The minimum absolute atomic E-state index is 0.180. The van der Waals surface area contributed by atoms with Crippen LogP contribution in [0.5, 0.6) is 0 Å². The molecule has 1 fully saturated rings. The third kappa shape index (κ3) is 4.73. The Hall–Kier alpha value is -2.49. The van der Waals surface area contributed by atoms with Crippen molar-refractivity contribution in [1.82, 2.24) is 14.3 Å². The van der Waals surface area contributed by atoms with E-state index < -0.39 is 15.3 Å². The molecule has 2 aromatic carbocycles. The molecule has 1 aliphatic rings. The van der Waals surface area contributed by atoms with Crippen molar-refractivity contribution >= 4 is 44.3 Å². The van der Waals surface area contributed by atoms with Gasteiger partial charge in [0.1, 0.15) is 10.9 Å². The van der Waals surface area contributed by atoms with Gasteiger partial charge in [0, 0.05) is 24.2 Å². The van der Waals surface area contributed by atoms with Gasteiger partial charge in [-0.05, 0) is 57.0 Å². The number of amides is 1. The molecule has 1 atom stereocenters. The summed E-state index contributed by atoms with van der Waals surface area (Å²) >= 11 is 1.37. The van der Waals surface area contributed by atoms with E-state index in [1.165, 1.54) is 16.1 Å². The van der Waals surface area contributed by atoms with Gasteiger partial charge in [0.05, 0.1) is 15.7 Å². The van der Waals surface area contributed by atoms with E-state index in [1.807, 2.05) is 38.1 Å². The lowest BCUT2D eigenvalue weighted by molar-refractivity contribution is -0.115. The average Bonchev–Trinajstić information content (AvgIpc) is 3.30. The van der Waals surface area contributed by atoms with Gasteiger partial charge in [0.2, 0.25) is 15.9 Å². The molecule has 1 saturated heterocycles. The number of para-hydroxylation sites is 1. The Morgan fingerprint density at radius 3 is 2.45 bits per heavy atom. The molecule has 0 radical (unpaired) electrons. The van der Waals surface area contributed by atoms with E-state index in [-0.39, 0.29) is 10.8 Å². The fraction of sp³-hybridized carbons (Fsp3) is 0.318. The van der Waals surface area contributed by atoms with Gasteiger partial charge < -0.3 is 5.32 Å². The lowest BCUT2D eigenvalue weighted by atomic mass is 10.2. The Morgan fingerprint density at radius 1 is 1.06 bits per heavy atom. The average molecular weight is 457 g/mol. The number of anilines is 1. The molecule has 162 valence electrons. The van der Waals surface area contributed by atoms with Crippen LogP contribution in [0.15, 0.2) is 58.5 Å². The van der Waals surface area contributed by atoms with Crippen molar-refractivity contribution in [3.63, 3.8) is 0 Å². The van der Waals surface area contributed by atoms with Crippen LogP contribution < -0.4 is 5.32 Å². The summed E-state index contributed by atoms with van der Waals surface area (Å²) in [5, 5.41) is 4.14. The number of hydrogen-bond acceptors (Lipinski definition) is 6. The summed E-state index contributed by atoms with van der Waals surface area (Å²) < 4.78 is 26.8. The first-order valence-electron chi connectivity index (χ1n) is 10.2. The van der Waals surface area contributed by atoms with Crippen molar-refractivity contribution < 1.29 is 13.2 Å². The molecule has 3 aromatic rings. The molecule has 1 aliphatic heterocycles. The van der Waals surface area contributed by atoms with Crippen LogP contribution in [-0.2, 0) is 14.8 Å². The molecule has 9 heteroatoms. The van der Waals surface area contributed by atoms with Crippen LogP contribution in [0.4, 0.5) is 5.69 Å². The van der Waals surface area contributed by atoms with Gasteiger partial charge in [-0.15, -0.1) is 0 Å². The maximum Gasteiger partial charge on any atom is 0.243 e. The summed E-state index contributed by atoms with van der Waals surface area (Å²) in [6, 6.07) is 14.1. The molecule has 0 spiro atoms. The zero-order chi connectivity index (χ0) is 22.0. The van der Waals surface area contributed by atoms with Crippen LogP contribution in [0.2, 0.25) is 0 Å². The van der Waals surface area contributed by atoms with Crippen LogP contribution in [-0.4, -0.2) is 46.9 Å². The molecule has 0 aliphatic carbocycles. The Kier molecular flexibility index (Phi) is 6.27. The van der Waals surface area contributed by atoms with Gasteiger partial charge in [0.15, 0.2) is 0 Å². The minimum Gasteiger partial charge on any atom is -0.325 e. The fourth-order valence-electron chi connectivity index (χ4n) is 3.50. The van der Waals surface area contributed by atoms with Gasteiger partial charge in [-0.3, -0.25) is 4.79 Å². The molecular weight excluding hydrogens is 432 g/mol. The van der Waals surface area contributed by atoms with Crippen LogP contribution in [0, 0.1) is 6.92 Å². The number of aryl methyl sites for hydroxylation is 1. The van der Waals surface area contributed by atoms with E-state index in [0.717, 1.165) is 28.8 Å². The molecule has 0 saturated carbocycles. The number of fused-ring (bicyclic) bond motifs is 1. The molecule has 7 nitrogen and oxygen atoms in total. The van der Waals surface area contributed by atoms with Crippen molar-refractivity contribution in [3.8, 4) is 0 Å². The van der Waals surface area contributed by atoms with E-state index >= 15 is 0 Å². The topological polar surface area (TPSA) is 92.3 Å². The Morgan fingerprint density at radius 2 is 1.74 bits per heavy atom. The predicted molar refractivity (Wildman–Crippen MR) is 123 cm³/mol. The second-order valence-electron chi connectivity index (χ2n) is 7.48. The Bertz CT molecular complexity index is 1210. The number of rotatable bonds is 6. The summed E-state index contributed by atoms with van der Waals surface area (Å²) in [6.07, 6.45) is 1.79. The molecule has 0 bridgehead atoms. The molecule has 4 rings (SSSR count). The van der Waals surface area contributed by atoms with Gasteiger partial charge in [-0.25, -0.2) is 18.4 Å². The van der Waals surface area contributed by atoms with Crippen molar-refractivity contribution in [1.29, 1.82) is 0 Å². The summed E-state index contributed by atoms with van der Waals surface area (Å²) in [4.78, 5) is 21.9. The quantitative estimate of drug-likeness (QED) is 0.448. The maximum absolute atomic E-state index is 12.7. The Balaban J connectivity index is 1.45. The highest BCUT2D eigenvalue weighted by molar-refractivity contribution is 8.00. The lowest BCUT2D eigenvalue weighted by Crippen LogP contribution is -2.27. The van der Waals surface area contributed by atoms with Crippen LogP contribution in [0.1, 0.15) is 25.6 Å². The Labute approximate surface area is 186 Å². The van der Waals surface area contributed by atoms with Crippen LogP contribution in [0.25, 0.3) is 10.9 Å². The number of sulfonamides is 1. The van der Waals surface area contributed by atoms with Gasteiger partial charge >= 0.3 is 0 Å². The summed E-state index contributed by atoms with van der Waals surface area (Å²) in [6.45, 7) is 4.77. The van der Waals surface area contributed by atoms with Crippen molar-refractivity contribution in [3.05, 3.63) is 54.4 Å². The number of nitrogens with one attached hydrogen (secondary N) is 1. The minimum atomic E-state index is -3.46. The largest absolute Gasteiger partial charge is 0.325 e.